The predicted octanol–water partition coefficient (Wildman–Crippen LogP) is 2.01. The van der Waals surface area contributed by atoms with Crippen LogP contribution in [0.1, 0.15) is 37.8 Å². The van der Waals surface area contributed by atoms with Gasteiger partial charge in [0.05, 0.1) is 6.42 Å². The molecule has 0 saturated carbocycles. The average molecular weight is 292 g/mol. The molecule has 2 N–H and O–H groups in total. The molecule has 0 heterocycles. The number of carbonyl (C=O) groups is 2. The molecule has 116 valence electrons. The molecule has 21 heavy (non-hydrogen) atoms. The Kier molecular flexibility index (Phi) is 7.46. The highest BCUT2D eigenvalue weighted by Gasteiger charge is 2.08. The van der Waals surface area contributed by atoms with Gasteiger partial charge in [0, 0.05) is 19.5 Å². The summed E-state index contributed by atoms with van der Waals surface area (Å²) in [5.41, 5.74) is 2.27. The molecule has 1 amide bonds. The topological polar surface area (TPSA) is 69.6 Å². The number of hydrogen-bond acceptors (Lipinski definition) is 3. The van der Waals surface area contributed by atoms with Gasteiger partial charge in [0.25, 0.3) is 0 Å². The lowest BCUT2D eigenvalue weighted by Crippen LogP contribution is -2.26. The summed E-state index contributed by atoms with van der Waals surface area (Å²) in [5, 5.41) is 11.3. The fourth-order valence-electron chi connectivity index (χ4n) is 2.07. The summed E-state index contributed by atoms with van der Waals surface area (Å²) in [6.45, 7) is 7.51. The van der Waals surface area contributed by atoms with Gasteiger partial charge in [0.2, 0.25) is 5.91 Å². The van der Waals surface area contributed by atoms with Gasteiger partial charge in [-0.05, 0) is 24.2 Å². The summed E-state index contributed by atoms with van der Waals surface area (Å²) in [6.07, 6.45) is -0.111. The van der Waals surface area contributed by atoms with E-state index in [9.17, 15) is 9.59 Å². The van der Waals surface area contributed by atoms with Crippen molar-refractivity contribution in [3.8, 4) is 0 Å². The molecule has 0 unspecified atom stereocenters. The van der Waals surface area contributed by atoms with Gasteiger partial charge < -0.3 is 10.4 Å². The van der Waals surface area contributed by atoms with E-state index in [1.54, 1.807) is 0 Å². The second kappa shape index (κ2) is 9.13. The van der Waals surface area contributed by atoms with E-state index in [4.69, 9.17) is 5.11 Å². The van der Waals surface area contributed by atoms with Crippen molar-refractivity contribution in [2.24, 2.45) is 0 Å². The van der Waals surface area contributed by atoms with Crippen molar-refractivity contribution in [3.05, 3.63) is 35.4 Å². The maximum atomic E-state index is 11.6. The first-order valence-electron chi connectivity index (χ1n) is 7.34. The van der Waals surface area contributed by atoms with Crippen LogP contribution >= 0.6 is 0 Å². The fraction of sp³-hybridized carbons (Fsp3) is 0.500. The molecule has 5 heteroatoms. The second-order valence-corrected chi connectivity index (χ2v) is 4.90. The summed E-state index contributed by atoms with van der Waals surface area (Å²) in [4.78, 5) is 24.3. The zero-order valence-electron chi connectivity index (χ0n) is 12.8. The molecule has 0 fully saturated rings. The molecular weight excluding hydrogens is 268 g/mol. The largest absolute Gasteiger partial charge is 0.481 e. The number of nitrogens with zero attached hydrogens (tertiary/aromatic N) is 1. The first kappa shape index (κ1) is 17.2. The van der Waals surface area contributed by atoms with E-state index in [-0.39, 0.29) is 18.7 Å². The van der Waals surface area contributed by atoms with Crippen LogP contribution in [0.25, 0.3) is 0 Å². The molecule has 0 aliphatic carbocycles. The smallest absolute Gasteiger partial charge is 0.303 e. The Hall–Kier alpha value is -1.88. The molecule has 0 aliphatic heterocycles. The minimum absolute atomic E-state index is 0.0214. The van der Waals surface area contributed by atoms with Crippen molar-refractivity contribution in [2.75, 3.05) is 13.1 Å². The minimum Gasteiger partial charge on any atom is -0.481 e. The second-order valence-electron chi connectivity index (χ2n) is 4.90. The third-order valence-corrected chi connectivity index (χ3v) is 3.45. The Labute approximate surface area is 126 Å². The van der Waals surface area contributed by atoms with Gasteiger partial charge >= 0.3 is 5.97 Å². The molecule has 1 rings (SSSR count). The number of amides is 1. The Morgan fingerprint density at radius 2 is 1.71 bits per heavy atom. The first-order chi connectivity index (χ1) is 10.1. The number of carboxylic acid groups (broad SMARTS) is 1. The maximum Gasteiger partial charge on any atom is 0.303 e. The van der Waals surface area contributed by atoms with Crippen LogP contribution in [0, 0.1) is 0 Å². The van der Waals surface area contributed by atoms with Gasteiger partial charge in [0.15, 0.2) is 0 Å². The van der Waals surface area contributed by atoms with Gasteiger partial charge in [-0.15, -0.1) is 0 Å². The van der Waals surface area contributed by atoms with Crippen LogP contribution in [-0.4, -0.2) is 35.0 Å². The van der Waals surface area contributed by atoms with E-state index >= 15 is 0 Å². The van der Waals surface area contributed by atoms with Crippen LogP contribution in [0.3, 0.4) is 0 Å². The number of rotatable bonds is 9. The highest BCUT2D eigenvalue weighted by molar-refractivity contribution is 5.80. The molecular formula is C16H24N2O3. The lowest BCUT2D eigenvalue weighted by molar-refractivity contribution is -0.138. The quantitative estimate of drug-likeness (QED) is 0.730. The van der Waals surface area contributed by atoms with Crippen molar-refractivity contribution >= 4 is 11.9 Å². The maximum absolute atomic E-state index is 11.6. The monoisotopic (exact) mass is 292 g/mol. The zero-order chi connectivity index (χ0) is 15.7. The molecule has 0 bridgehead atoms. The summed E-state index contributed by atoms with van der Waals surface area (Å²) < 4.78 is 0. The summed E-state index contributed by atoms with van der Waals surface area (Å²) in [7, 11) is 0. The van der Waals surface area contributed by atoms with Crippen molar-refractivity contribution in [2.45, 2.75) is 39.8 Å². The highest BCUT2D eigenvalue weighted by Crippen LogP contribution is 2.11. The first-order valence-corrected chi connectivity index (χ1v) is 7.34. The van der Waals surface area contributed by atoms with E-state index < -0.39 is 5.97 Å². The third-order valence-electron chi connectivity index (χ3n) is 3.45. The molecule has 0 aromatic heterocycles. The van der Waals surface area contributed by atoms with Gasteiger partial charge in [-0.1, -0.05) is 38.1 Å². The Bertz CT molecular complexity index is 470. The fourth-order valence-corrected chi connectivity index (χ4v) is 2.07. The van der Waals surface area contributed by atoms with E-state index in [0.717, 1.165) is 25.2 Å². The van der Waals surface area contributed by atoms with Crippen molar-refractivity contribution in [1.29, 1.82) is 0 Å². The Balaban J connectivity index is 2.58. The number of carboxylic acids is 1. The lowest BCUT2D eigenvalue weighted by atomic mass is 10.1. The van der Waals surface area contributed by atoms with Crippen molar-refractivity contribution < 1.29 is 14.7 Å². The van der Waals surface area contributed by atoms with Crippen LogP contribution in [0.2, 0.25) is 0 Å². The molecule has 0 atom stereocenters. The van der Waals surface area contributed by atoms with Gasteiger partial charge in [-0.2, -0.15) is 0 Å². The van der Waals surface area contributed by atoms with Crippen LogP contribution in [-0.2, 0) is 22.7 Å². The van der Waals surface area contributed by atoms with Gasteiger partial charge in [-0.25, -0.2) is 0 Å². The number of benzene rings is 1. The minimum atomic E-state index is -0.952. The molecule has 1 aromatic rings. The summed E-state index contributed by atoms with van der Waals surface area (Å²) in [6, 6.07) is 8.01. The SMILES string of the molecule is CCN(CC)Cc1ccccc1CNC(=O)CCC(=O)O. The molecule has 0 radical (unpaired) electrons. The van der Waals surface area contributed by atoms with Crippen LogP contribution in [0.4, 0.5) is 0 Å². The average Bonchev–Trinajstić information content (AvgIpc) is 2.49. The van der Waals surface area contributed by atoms with Crippen LogP contribution < -0.4 is 5.32 Å². The van der Waals surface area contributed by atoms with Crippen LogP contribution in [0.15, 0.2) is 24.3 Å². The van der Waals surface area contributed by atoms with E-state index in [1.165, 1.54) is 5.56 Å². The Morgan fingerprint density at radius 1 is 1.10 bits per heavy atom. The normalized spacial score (nSPS) is 10.6. The van der Waals surface area contributed by atoms with Crippen LogP contribution in [0.5, 0.6) is 0 Å². The number of aliphatic carboxylic acids is 1. The predicted molar refractivity (Wildman–Crippen MR) is 81.8 cm³/mol. The number of hydrogen-bond donors (Lipinski definition) is 2. The number of carbonyl (C=O) groups excluding carboxylic acids is 1. The third kappa shape index (κ3) is 6.40. The standard InChI is InChI=1S/C16H24N2O3/c1-3-18(4-2)12-14-8-6-5-7-13(14)11-17-15(19)9-10-16(20)21/h5-8H,3-4,9-12H2,1-2H3,(H,17,19)(H,20,21). The molecule has 5 nitrogen and oxygen atoms in total. The molecule has 1 aromatic carbocycles. The lowest BCUT2D eigenvalue weighted by Gasteiger charge is -2.20. The van der Waals surface area contributed by atoms with Gasteiger partial charge in [0.1, 0.15) is 0 Å². The van der Waals surface area contributed by atoms with E-state index in [0.29, 0.717) is 6.54 Å². The van der Waals surface area contributed by atoms with E-state index in [1.807, 2.05) is 18.2 Å². The molecule has 0 spiro atoms. The molecule has 0 aliphatic rings. The molecule has 0 saturated heterocycles. The highest BCUT2D eigenvalue weighted by atomic mass is 16.4. The summed E-state index contributed by atoms with van der Waals surface area (Å²) in [5.74, 6) is -1.18. The van der Waals surface area contributed by atoms with Crippen molar-refractivity contribution in [1.82, 2.24) is 10.2 Å². The van der Waals surface area contributed by atoms with E-state index in [2.05, 4.69) is 30.1 Å². The summed E-state index contributed by atoms with van der Waals surface area (Å²) >= 11 is 0. The number of nitrogens with one attached hydrogen (secondary N) is 1. The van der Waals surface area contributed by atoms with Crippen molar-refractivity contribution in [3.63, 3.8) is 0 Å². The van der Waals surface area contributed by atoms with Gasteiger partial charge in [-0.3, -0.25) is 14.5 Å². The zero-order valence-corrected chi connectivity index (χ0v) is 12.8. The Morgan fingerprint density at radius 3 is 2.29 bits per heavy atom.